The lowest BCUT2D eigenvalue weighted by Crippen LogP contribution is -2.30. The van der Waals surface area contributed by atoms with Gasteiger partial charge in [-0.05, 0) is 36.5 Å². The van der Waals surface area contributed by atoms with Crippen molar-refractivity contribution in [2.24, 2.45) is 17.3 Å². The van der Waals surface area contributed by atoms with Gasteiger partial charge in [-0.25, -0.2) is 4.21 Å². The molecule has 0 N–H and O–H groups in total. The molecule has 0 aromatic carbocycles. The summed E-state index contributed by atoms with van der Waals surface area (Å²) in [6.45, 7) is 4.13. The monoisotopic (exact) mass is 256 g/mol. The van der Waals surface area contributed by atoms with Crippen molar-refractivity contribution in [2.45, 2.75) is 44.7 Å². The molecule has 0 aromatic heterocycles. The second-order valence-electron chi connectivity index (χ2n) is 5.25. The Morgan fingerprint density at radius 1 is 1.31 bits per heavy atom. The molecule has 0 amide bonds. The maximum atomic E-state index is 12.1. The van der Waals surface area contributed by atoms with Crippen LogP contribution in [-0.4, -0.2) is 15.8 Å². The molecule has 2 aliphatic carbocycles. The number of alkyl halides is 3. The third-order valence-electron chi connectivity index (χ3n) is 4.20. The quantitative estimate of drug-likeness (QED) is 0.759. The van der Waals surface area contributed by atoms with Gasteiger partial charge in [0.15, 0.2) is 0 Å². The fourth-order valence-electron chi connectivity index (χ4n) is 3.23. The highest BCUT2D eigenvalue weighted by Crippen LogP contribution is 2.58. The average molecular weight is 256 g/mol. The van der Waals surface area contributed by atoms with E-state index < -0.39 is 22.7 Å². The van der Waals surface area contributed by atoms with E-state index in [9.17, 15) is 17.4 Å². The van der Waals surface area contributed by atoms with E-state index in [1.54, 1.807) is 0 Å². The van der Waals surface area contributed by atoms with Crippen LogP contribution >= 0.6 is 0 Å². The van der Waals surface area contributed by atoms with Crippen molar-refractivity contribution in [1.29, 1.82) is 0 Å². The van der Waals surface area contributed by atoms with Crippen LogP contribution in [0.15, 0.2) is 0 Å². The molecule has 0 radical (unpaired) electrons. The molecule has 1 unspecified atom stereocenters. The summed E-state index contributed by atoms with van der Waals surface area (Å²) in [4.78, 5) is 0. The molecule has 2 saturated carbocycles. The predicted octanol–water partition coefficient (Wildman–Crippen LogP) is 3.01. The molecule has 2 bridgehead atoms. The Bertz CT molecular complexity index is 314. The molecule has 6 heteroatoms. The fraction of sp³-hybridized carbons (Fsp3) is 1.00. The maximum Gasteiger partial charge on any atom is 0.497 e. The second-order valence-corrected chi connectivity index (χ2v) is 6.38. The molecule has 0 heterocycles. The van der Waals surface area contributed by atoms with Crippen molar-refractivity contribution in [3.8, 4) is 0 Å². The molecular weight excluding hydrogens is 241 g/mol. The molecule has 94 valence electrons. The van der Waals surface area contributed by atoms with Crippen LogP contribution in [0.25, 0.3) is 0 Å². The van der Waals surface area contributed by atoms with Crippen molar-refractivity contribution >= 4 is 11.1 Å². The molecular formula is C10H15F3O2S. The van der Waals surface area contributed by atoms with Crippen LogP contribution in [0.4, 0.5) is 13.2 Å². The van der Waals surface area contributed by atoms with Crippen molar-refractivity contribution < 1.29 is 21.6 Å². The molecule has 0 aromatic rings. The predicted molar refractivity (Wildman–Crippen MR) is 53.7 cm³/mol. The van der Waals surface area contributed by atoms with Gasteiger partial charge < -0.3 is 0 Å². The molecule has 4 atom stereocenters. The van der Waals surface area contributed by atoms with Gasteiger partial charge in [0.25, 0.3) is 11.1 Å². The van der Waals surface area contributed by atoms with Crippen molar-refractivity contribution in [3.63, 3.8) is 0 Å². The van der Waals surface area contributed by atoms with Crippen LogP contribution in [0, 0.1) is 17.3 Å². The summed E-state index contributed by atoms with van der Waals surface area (Å²) in [5.74, 6) is 0.525. The van der Waals surface area contributed by atoms with E-state index in [0.29, 0.717) is 12.3 Å². The van der Waals surface area contributed by atoms with Crippen LogP contribution in [0.3, 0.4) is 0 Å². The zero-order chi connectivity index (χ0) is 12.1. The van der Waals surface area contributed by atoms with Gasteiger partial charge in [0.1, 0.15) is 0 Å². The number of rotatable bonds is 2. The smallest absolute Gasteiger partial charge is 0.280 e. The normalized spacial score (nSPS) is 38.9. The van der Waals surface area contributed by atoms with Crippen LogP contribution in [-0.2, 0) is 15.3 Å². The van der Waals surface area contributed by atoms with Crippen LogP contribution in [0.1, 0.15) is 33.1 Å². The standard InChI is InChI=1S/C10H15F3O2S/c1-9(2)6-3-4-7(9)8(5-6)15-16(14)10(11,12)13/h6-8H,3-5H2,1-2H3/t6-,7-,8+,16?/m0/s1. The highest BCUT2D eigenvalue weighted by atomic mass is 32.2. The Hall–Kier alpha value is -0.100. The Labute approximate surface area is 95.2 Å². The van der Waals surface area contributed by atoms with E-state index in [0.717, 1.165) is 12.8 Å². The first-order chi connectivity index (χ1) is 7.23. The largest absolute Gasteiger partial charge is 0.497 e. The highest BCUT2D eigenvalue weighted by molar-refractivity contribution is 7.81. The van der Waals surface area contributed by atoms with E-state index in [1.807, 2.05) is 0 Å². The van der Waals surface area contributed by atoms with Crippen LogP contribution in [0.5, 0.6) is 0 Å². The number of hydrogen-bond donors (Lipinski definition) is 0. The molecule has 0 aliphatic heterocycles. The topological polar surface area (TPSA) is 26.3 Å². The third-order valence-corrected chi connectivity index (χ3v) is 5.00. The molecule has 2 aliphatic rings. The second kappa shape index (κ2) is 3.70. The molecule has 2 nitrogen and oxygen atoms in total. The summed E-state index contributed by atoms with van der Waals surface area (Å²) >= 11 is -3.16. The first kappa shape index (κ1) is 12.4. The zero-order valence-electron chi connectivity index (χ0n) is 9.21. The van der Waals surface area contributed by atoms with Gasteiger partial charge in [0, 0.05) is 0 Å². The van der Waals surface area contributed by atoms with Crippen LogP contribution < -0.4 is 0 Å². The summed E-state index contributed by atoms with van der Waals surface area (Å²) in [6, 6.07) is 0. The number of halogens is 3. The minimum Gasteiger partial charge on any atom is -0.280 e. The zero-order valence-corrected chi connectivity index (χ0v) is 10.0. The molecule has 2 rings (SSSR count). The fourth-order valence-corrected chi connectivity index (χ4v) is 3.78. The van der Waals surface area contributed by atoms with E-state index in [2.05, 4.69) is 13.8 Å². The molecule has 0 spiro atoms. The van der Waals surface area contributed by atoms with Gasteiger partial charge >= 0.3 is 5.51 Å². The summed E-state index contributed by atoms with van der Waals surface area (Å²) in [6.07, 6.45) is 2.06. The van der Waals surface area contributed by atoms with Crippen molar-refractivity contribution in [3.05, 3.63) is 0 Å². The van der Waals surface area contributed by atoms with E-state index >= 15 is 0 Å². The number of hydrogen-bond acceptors (Lipinski definition) is 2. The Balaban J connectivity index is 2.02. The Kier molecular flexibility index (Phi) is 2.86. The van der Waals surface area contributed by atoms with Crippen molar-refractivity contribution in [1.82, 2.24) is 0 Å². The van der Waals surface area contributed by atoms with Crippen LogP contribution in [0.2, 0.25) is 0 Å². The van der Waals surface area contributed by atoms with Gasteiger partial charge in [0.05, 0.1) is 6.10 Å². The number of fused-ring (bicyclic) bond motifs is 2. The summed E-state index contributed by atoms with van der Waals surface area (Å²) < 4.78 is 51.9. The lowest BCUT2D eigenvalue weighted by atomic mass is 9.82. The lowest BCUT2D eigenvalue weighted by molar-refractivity contribution is -0.0520. The minimum atomic E-state index is -4.76. The molecule has 16 heavy (non-hydrogen) atoms. The molecule has 0 saturated heterocycles. The molecule has 2 fully saturated rings. The van der Waals surface area contributed by atoms with E-state index in [1.165, 1.54) is 0 Å². The first-order valence-corrected chi connectivity index (χ1v) is 6.46. The Morgan fingerprint density at radius 3 is 2.31 bits per heavy atom. The van der Waals surface area contributed by atoms with Gasteiger partial charge in [-0.3, -0.25) is 4.18 Å². The third kappa shape index (κ3) is 1.90. The minimum absolute atomic E-state index is 0.0282. The van der Waals surface area contributed by atoms with Gasteiger partial charge in [-0.1, -0.05) is 13.8 Å². The van der Waals surface area contributed by atoms with Gasteiger partial charge in [-0.15, -0.1) is 0 Å². The van der Waals surface area contributed by atoms with E-state index in [4.69, 9.17) is 4.18 Å². The summed E-state index contributed by atoms with van der Waals surface area (Å²) in [7, 11) is 0. The van der Waals surface area contributed by atoms with E-state index in [-0.39, 0.29) is 11.3 Å². The summed E-state index contributed by atoms with van der Waals surface area (Å²) in [5, 5.41) is 0. The van der Waals surface area contributed by atoms with Gasteiger partial charge in [0.2, 0.25) is 0 Å². The first-order valence-electron chi connectivity index (χ1n) is 5.38. The maximum absolute atomic E-state index is 12.1. The highest BCUT2D eigenvalue weighted by Gasteiger charge is 2.55. The summed E-state index contributed by atoms with van der Waals surface area (Å²) in [5.41, 5.74) is -4.73. The van der Waals surface area contributed by atoms with Gasteiger partial charge in [-0.2, -0.15) is 13.2 Å². The average Bonchev–Trinajstić information content (AvgIpc) is 2.53. The van der Waals surface area contributed by atoms with Crippen molar-refractivity contribution in [2.75, 3.05) is 0 Å². The SMILES string of the molecule is CC1(C)[C@H]2CC[C@H]1[C@H](OS(=O)C(F)(F)F)C2. The lowest BCUT2D eigenvalue weighted by Gasteiger charge is -2.26. The Morgan fingerprint density at radius 2 is 1.94 bits per heavy atom.